The predicted molar refractivity (Wildman–Crippen MR) is 76.5 cm³/mol. The van der Waals surface area contributed by atoms with Gasteiger partial charge in [-0.2, -0.15) is 0 Å². The van der Waals surface area contributed by atoms with Gasteiger partial charge in [-0.25, -0.2) is 0 Å². The standard InChI is InChI=1S/C15H23NOS/c1-11-6-4-8-15(2,3)13(11)14(17)16-10-12-7-5-9-18-12/h5,7,9,11,13H,4,6,8,10H2,1-3H3,(H,16,17)/t11-,13-/m0/s1. The first-order valence-electron chi connectivity index (χ1n) is 6.81. The SMILES string of the molecule is C[C@H]1CCCC(C)(C)[C@@H]1C(=O)NCc1cccs1. The lowest BCUT2D eigenvalue weighted by Gasteiger charge is -2.41. The molecular weight excluding hydrogens is 242 g/mol. The minimum absolute atomic E-state index is 0.136. The van der Waals surface area contributed by atoms with Crippen LogP contribution in [0.15, 0.2) is 17.5 Å². The van der Waals surface area contributed by atoms with Gasteiger partial charge in [-0.05, 0) is 35.6 Å². The zero-order valence-electron chi connectivity index (χ0n) is 11.5. The number of carbonyl (C=O) groups excluding carboxylic acids is 1. The Balaban J connectivity index is 1.98. The quantitative estimate of drug-likeness (QED) is 0.884. The van der Waals surface area contributed by atoms with E-state index in [2.05, 4.69) is 37.5 Å². The van der Waals surface area contributed by atoms with Gasteiger partial charge in [0.15, 0.2) is 0 Å². The van der Waals surface area contributed by atoms with Crippen molar-refractivity contribution >= 4 is 17.2 Å². The molecule has 3 heteroatoms. The Morgan fingerprint density at radius 3 is 2.94 bits per heavy atom. The number of nitrogens with one attached hydrogen (secondary N) is 1. The fourth-order valence-electron chi connectivity index (χ4n) is 3.28. The molecule has 1 aliphatic carbocycles. The zero-order chi connectivity index (χ0) is 13.2. The fourth-order valence-corrected chi connectivity index (χ4v) is 3.93. The van der Waals surface area contributed by atoms with Gasteiger partial charge in [-0.3, -0.25) is 4.79 Å². The number of thiophene rings is 1. The van der Waals surface area contributed by atoms with Gasteiger partial charge in [-0.1, -0.05) is 33.3 Å². The summed E-state index contributed by atoms with van der Waals surface area (Å²) < 4.78 is 0. The van der Waals surface area contributed by atoms with Gasteiger partial charge in [0.2, 0.25) is 5.91 Å². The van der Waals surface area contributed by atoms with Crippen LogP contribution in [-0.2, 0) is 11.3 Å². The maximum Gasteiger partial charge on any atom is 0.224 e. The minimum Gasteiger partial charge on any atom is -0.351 e. The van der Waals surface area contributed by atoms with Crippen molar-refractivity contribution in [3.8, 4) is 0 Å². The zero-order valence-corrected chi connectivity index (χ0v) is 12.3. The van der Waals surface area contributed by atoms with Crippen molar-refractivity contribution in [2.45, 2.75) is 46.6 Å². The molecule has 1 amide bonds. The molecule has 0 radical (unpaired) electrons. The first-order chi connectivity index (χ1) is 8.50. The van der Waals surface area contributed by atoms with Crippen LogP contribution in [-0.4, -0.2) is 5.91 Å². The van der Waals surface area contributed by atoms with Crippen LogP contribution >= 0.6 is 11.3 Å². The number of hydrogen-bond donors (Lipinski definition) is 1. The van der Waals surface area contributed by atoms with Crippen LogP contribution in [0.2, 0.25) is 0 Å². The van der Waals surface area contributed by atoms with Gasteiger partial charge in [0.25, 0.3) is 0 Å². The monoisotopic (exact) mass is 265 g/mol. The molecule has 0 spiro atoms. The molecule has 0 unspecified atom stereocenters. The molecule has 100 valence electrons. The van der Waals surface area contributed by atoms with E-state index in [9.17, 15) is 4.79 Å². The highest BCUT2D eigenvalue weighted by Gasteiger charge is 2.41. The van der Waals surface area contributed by atoms with Gasteiger partial charge in [-0.15, -0.1) is 11.3 Å². The van der Waals surface area contributed by atoms with Crippen molar-refractivity contribution in [1.29, 1.82) is 0 Å². The normalized spacial score (nSPS) is 26.8. The molecule has 0 bridgehead atoms. The fraction of sp³-hybridized carbons (Fsp3) is 0.667. The van der Waals surface area contributed by atoms with E-state index in [0.717, 1.165) is 6.42 Å². The minimum atomic E-state index is 0.136. The second kappa shape index (κ2) is 5.43. The predicted octanol–water partition coefficient (Wildman–Crippen LogP) is 3.83. The van der Waals surface area contributed by atoms with Crippen LogP contribution in [0.25, 0.3) is 0 Å². The highest BCUT2D eigenvalue weighted by molar-refractivity contribution is 7.09. The van der Waals surface area contributed by atoms with Gasteiger partial charge in [0, 0.05) is 10.8 Å². The summed E-state index contributed by atoms with van der Waals surface area (Å²) in [5.41, 5.74) is 0.136. The number of hydrogen-bond acceptors (Lipinski definition) is 2. The van der Waals surface area contributed by atoms with E-state index in [1.807, 2.05) is 6.07 Å². The first kappa shape index (κ1) is 13.6. The molecule has 0 saturated heterocycles. The maximum atomic E-state index is 12.4. The summed E-state index contributed by atoms with van der Waals surface area (Å²) in [6.07, 6.45) is 3.60. The van der Waals surface area contributed by atoms with Crippen LogP contribution in [0.3, 0.4) is 0 Å². The van der Waals surface area contributed by atoms with E-state index in [1.165, 1.54) is 17.7 Å². The van der Waals surface area contributed by atoms with Crippen molar-refractivity contribution in [3.05, 3.63) is 22.4 Å². The number of rotatable bonds is 3. The van der Waals surface area contributed by atoms with Crippen molar-refractivity contribution in [2.75, 3.05) is 0 Å². The molecule has 1 fully saturated rings. The summed E-state index contributed by atoms with van der Waals surface area (Å²) in [7, 11) is 0. The van der Waals surface area contributed by atoms with Crippen LogP contribution in [0.4, 0.5) is 0 Å². The third-order valence-electron chi connectivity index (χ3n) is 4.19. The Morgan fingerprint density at radius 1 is 1.56 bits per heavy atom. The summed E-state index contributed by atoms with van der Waals surface area (Å²) in [6, 6.07) is 4.10. The van der Waals surface area contributed by atoms with Crippen LogP contribution in [0, 0.1) is 17.3 Å². The highest BCUT2D eigenvalue weighted by Crippen LogP contribution is 2.43. The van der Waals surface area contributed by atoms with Gasteiger partial charge >= 0.3 is 0 Å². The lowest BCUT2D eigenvalue weighted by Crippen LogP contribution is -2.44. The van der Waals surface area contributed by atoms with Crippen molar-refractivity contribution < 1.29 is 4.79 Å². The lowest BCUT2D eigenvalue weighted by atomic mass is 9.64. The van der Waals surface area contributed by atoms with Gasteiger partial charge in [0.05, 0.1) is 6.54 Å². The molecule has 1 heterocycles. The Kier molecular flexibility index (Phi) is 4.10. The van der Waals surface area contributed by atoms with E-state index >= 15 is 0 Å². The topological polar surface area (TPSA) is 29.1 Å². The molecule has 1 N–H and O–H groups in total. The highest BCUT2D eigenvalue weighted by atomic mass is 32.1. The molecule has 2 atom stereocenters. The van der Waals surface area contributed by atoms with Gasteiger partial charge < -0.3 is 5.32 Å². The lowest BCUT2D eigenvalue weighted by molar-refractivity contribution is -0.133. The third-order valence-corrected chi connectivity index (χ3v) is 5.07. The van der Waals surface area contributed by atoms with E-state index < -0.39 is 0 Å². The Morgan fingerprint density at radius 2 is 2.33 bits per heavy atom. The third kappa shape index (κ3) is 2.94. The Hall–Kier alpha value is -0.830. The Bertz CT molecular complexity index is 397. The first-order valence-corrected chi connectivity index (χ1v) is 7.69. The summed E-state index contributed by atoms with van der Waals surface area (Å²) in [4.78, 5) is 13.6. The molecule has 1 aliphatic rings. The molecule has 1 aromatic rings. The average Bonchev–Trinajstić information content (AvgIpc) is 2.77. The molecule has 18 heavy (non-hydrogen) atoms. The second-order valence-electron chi connectivity index (χ2n) is 6.13. The summed E-state index contributed by atoms with van der Waals surface area (Å²) in [5, 5.41) is 5.16. The van der Waals surface area contributed by atoms with E-state index in [4.69, 9.17) is 0 Å². The smallest absolute Gasteiger partial charge is 0.224 e. The molecule has 0 aromatic carbocycles. The van der Waals surface area contributed by atoms with E-state index in [1.54, 1.807) is 11.3 Å². The van der Waals surface area contributed by atoms with Gasteiger partial charge in [0.1, 0.15) is 0 Å². The molecular formula is C15H23NOS. The Labute approximate surface area is 114 Å². The van der Waals surface area contributed by atoms with E-state index in [0.29, 0.717) is 12.5 Å². The summed E-state index contributed by atoms with van der Waals surface area (Å²) >= 11 is 1.70. The molecule has 2 rings (SSSR count). The van der Waals surface area contributed by atoms with Crippen LogP contribution in [0.1, 0.15) is 44.9 Å². The van der Waals surface area contributed by atoms with Crippen molar-refractivity contribution in [2.24, 2.45) is 17.3 Å². The molecule has 0 aliphatic heterocycles. The molecule has 1 aromatic heterocycles. The molecule has 1 saturated carbocycles. The average molecular weight is 265 g/mol. The van der Waals surface area contributed by atoms with Crippen LogP contribution < -0.4 is 5.32 Å². The van der Waals surface area contributed by atoms with Crippen LogP contribution in [0.5, 0.6) is 0 Å². The summed E-state index contributed by atoms with van der Waals surface area (Å²) in [5.74, 6) is 0.892. The number of amides is 1. The second-order valence-corrected chi connectivity index (χ2v) is 7.17. The van der Waals surface area contributed by atoms with Crippen molar-refractivity contribution in [3.63, 3.8) is 0 Å². The number of carbonyl (C=O) groups is 1. The van der Waals surface area contributed by atoms with E-state index in [-0.39, 0.29) is 17.2 Å². The largest absolute Gasteiger partial charge is 0.351 e. The molecule has 2 nitrogen and oxygen atoms in total. The van der Waals surface area contributed by atoms with Crippen molar-refractivity contribution in [1.82, 2.24) is 5.32 Å². The summed E-state index contributed by atoms with van der Waals surface area (Å²) in [6.45, 7) is 7.36. The maximum absolute atomic E-state index is 12.4.